The highest BCUT2D eigenvalue weighted by Crippen LogP contribution is 2.22. The van der Waals surface area contributed by atoms with Crippen LogP contribution in [0.3, 0.4) is 0 Å². The third-order valence-corrected chi connectivity index (χ3v) is 4.59. The third-order valence-electron chi connectivity index (χ3n) is 3.63. The fourth-order valence-corrected chi connectivity index (χ4v) is 3.07. The number of hydrogen-bond acceptors (Lipinski definition) is 4. The first kappa shape index (κ1) is 17.1. The van der Waals surface area contributed by atoms with E-state index < -0.39 is 0 Å². The molecule has 1 N–H and O–H groups in total. The number of hydrogen-bond donors (Lipinski definition) is 1. The van der Waals surface area contributed by atoms with Gasteiger partial charge in [-0.1, -0.05) is 29.5 Å². The molecule has 0 aliphatic carbocycles. The number of thioether (sulfide) groups is 1. The molecule has 0 fully saturated rings. The maximum Gasteiger partial charge on any atom is 0.234 e. The molecule has 0 aliphatic rings. The molecule has 0 spiro atoms. The number of nitrogens with one attached hydrogen (secondary N) is 1. The first-order valence-electron chi connectivity index (χ1n) is 7.83. The molecule has 128 valence electrons. The van der Waals surface area contributed by atoms with Crippen molar-refractivity contribution in [2.24, 2.45) is 0 Å². The fourth-order valence-electron chi connectivity index (χ4n) is 2.30. The van der Waals surface area contributed by atoms with Gasteiger partial charge in [-0.25, -0.2) is 4.98 Å². The van der Waals surface area contributed by atoms with Crippen molar-refractivity contribution in [3.8, 4) is 11.4 Å². The summed E-state index contributed by atoms with van der Waals surface area (Å²) in [4.78, 5) is 16.5. The number of ether oxygens (including phenoxy) is 1. The van der Waals surface area contributed by atoms with Crippen molar-refractivity contribution < 1.29 is 9.53 Å². The minimum absolute atomic E-state index is 0.0573. The van der Waals surface area contributed by atoms with Crippen molar-refractivity contribution in [3.05, 3.63) is 66.5 Å². The highest BCUT2D eigenvalue weighted by molar-refractivity contribution is 7.99. The second-order valence-electron chi connectivity index (χ2n) is 5.48. The van der Waals surface area contributed by atoms with Crippen LogP contribution in [0.25, 0.3) is 5.69 Å². The first-order chi connectivity index (χ1) is 12.2. The quantitative estimate of drug-likeness (QED) is 0.683. The molecule has 1 aromatic heterocycles. The standard InChI is InChI=1S/C19H19N3O2S/c1-14-3-5-15(6-4-14)21-18(23)13-25-19-20-11-12-22(19)16-7-9-17(24-2)10-8-16/h3-12H,13H2,1-2H3,(H,21,23). The second-order valence-corrected chi connectivity index (χ2v) is 6.42. The molecular formula is C19H19N3O2S. The molecule has 0 saturated heterocycles. The van der Waals surface area contributed by atoms with Crippen LogP contribution in [0.15, 0.2) is 66.1 Å². The molecule has 2 aromatic carbocycles. The van der Waals surface area contributed by atoms with Crippen molar-refractivity contribution in [1.29, 1.82) is 0 Å². The van der Waals surface area contributed by atoms with Crippen LogP contribution in [-0.2, 0) is 4.79 Å². The molecule has 1 heterocycles. The Morgan fingerprint density at radius 3 is 2.56 bits per heavy atom. The van der Waals surface area contributed by atoms with E-state index in [1.807, 2.05) is 66.2 Å². The zero-order valence-corrected chi connectivity index (χ0v) is 14.9. The summed E-state index contributed by atoms with van der Waals surface area (Å²) in [6, 6.07) is 15.4. The van der Waals surface area contributed by atoms with E-state index in [2.05, 4.69) is 10.3 Å². The van der Waals surface area contributed by atoms with Gasteiger partial charge in [-0.2, -0.15) is 0 Å². The second kappa shape index (κ2) is 7.90. The Hall–Kier alpha value is -2.73. The highest BCUT2D eigenvalue weighted by Gasteiger charge is 2.09. The van der Waals surface area contributed by atoms with Gasteiger partial charge in [0.25, 0.3) is 0 Å². The van der Waals surface area contributed by atoms with Gasteiger partial charge in [0.05, 0.1) is 12.9 Å². The molecule has 0 saturated carbocycles. The Bertz CT molecular complexity index is 842. The summed E-state index contributed by atoms with van der Waals surface area (Å²) in [5, 5.41) is 3.66. The molecule has 1 amide bonds. The monoisotopic (exact) mass is 353 g/mol. The van der Waals surface area contributed by atoms with E-state index in [0.717, 1.165) is 27.8 Å². The van der Waals surface area contributed by atoms with Gasteiger partial charge >= 0.3 is 0 Å². The van der Waals surface area contributed by atoms with E-state index in [1.165, 1.54) is 11.8 Å². The Morgan fingerprint density at radius 1 is 1.16 bits per heavy atom. The predicted octanol–water partition coefficient (Wildman–Crippen LogP) is 3.92. The third kappa shape index (κ3) is 4.42. The summed E-state index contributed by atoms with van der Waals surface area (Å²) in [5.41, 5.74) is 2.93. The zero-order valence-electron chi connectivity index (χ0n) is 14.1. The molecule has 25 heavy (non-hydrogen) atoms. The average molecular weight is 353 g/mol. The van der Waals surface area contributed by atoms with E-state index >= 15 is 0 Å². The van der Waals surface area contributed by atoms with Crippen molar-refractivity contribution in [3.63, 3.8) is 0 Å². The number of aryl methyl sites for hydroxylation is 1. The van der Waals surface area contributed by atoms with E-state index in [1.54, 1.807) is 13.3 Å². The van der Waals surface area contributed by atoms with Gasteiger partial charge in [-0.05, 0) is 43.3 Å². The van der Waals surface area contributed by atoms with Gasteiger partial charge in [0.2, 0.25) is 5.91 Å². The summed E-state index contributed by atoms with van der Waals surface area (Å²) in [6.07, 6.45) is 3.60. The minimum Gasteiger partial charge on any atom is -0.497 e. The Balaban J connectivity index is 1.62. The van der Waals surface area contributed by atoms with E-state index in [-0.39, 0.29) is 5.91 Å². The lowest BCUT2D eigenvalue weighted by Gasteiger charge is -2.09. The largest absolute Gasteiger partial charge is 0.497 e. The van der Waals surface area contributed by atoms with Crippen LogP contribution in [-0.4, -0.2) is 28.3 Å². The molecule has 5 nitrogen and oxygen atoms in total. The first-order valence-corrected chi connectivity index (χ1v) is 8.81. The smallest absolute Gasteiger partial charge is 0.234 e. The van der Waals surface area contributed by atoms with Crippen LogP contribution in [0.2, 0.25) is 0 Å². The van der Waals surface area contributed by atoms with E-state index in [9.17, 15) is 4.79 Å². The van der Waals surface area contributed by atoms with Gasteiger partial charge < -0.3 is 10.1 Å². The summed E-state index contributed by atoms with van der Waals surface area (Å²) < 4.78 is 7.12. The fraction of sp³-hybridized carbons (Fsp3) is 0.158. The Labute approximate surface area is 151 Å². The SMILES string of the molecule is COc1ccc(-n2ccnc2SCC(=O)Nc2ccc(C)cc2)cc1. The lowest BCUT2D eigenvalue weighted by atomic mass is 10.2. The normalized spacial score (nSPS) is 10.5. The minimum atomic E-state index is -0.0573. The lowest BCUT2D eigenvalue weighted by molar-refractivity contribution is -0.113. The topological polar surface area (TPSA) is 56.2 Å². The summed E-state index contributed by atoms with van der Waals surface area (Å²) in [5.74, 6) is 1.04. The maximum atomic E-state index is 12.1. The molecule has 3 aromatic rings. The van der Waals surface area contributed by atoms with Crippen LogP contribution in [0.4, 0.5) is 5.69 Å². The number of imidazole rings is 1. The maximum absolute atomic E-state index is 12.1. The van der Waals surface area contributed by atoms with Crippen LogP contribution in [0.1, 0.15) is 5.56 Å². The van der Waals surface area contributed by atoms with Crippen LogP contribution in [0, 0.1) is 6.92 Å². The van der Waals surface area contributed by atoms with E-state index in [4.69, 9.17) is 4.74 Å². The number of carbonyl (C=O) groups is 1. The number of methoxy groups -OCH3 is 1. The number of aromatic nitrogens is 2. The highest BCUT2D eigenvalue weighted by atomic mass is 32.2. The summed E-state index contributed by atoms with van der Waals surface area (Å²) in [6.45, 7) is 2.01. The average Bonchev–Trinajstić information content (AvgIpc) is 3.10. The molecule has 0 unspecified atom stereocenters. The number of anilines is 1. The zero-order chi connectivity index (χ0) is 17.6. The van der Waals surface area contributed by atoms with Gasteiger partial charge in [0, 0.05) is 23.8 Å². The molecule has 6 heteroatoms. The molecule has 0 bridgehead atoms. The van der Waals surface area contributed by atoms with Gasteiger partial charge in [0.15, 0.2) is 5.16 Å². The molecule has 0 atom stereocenters. The van der Waals surface area contributed by atoms with Gasteiger partial charge in [0.1, 0.15) is 5.75 Å². The molecule has 0 radical (unpaired) electrons. The molecular weight excluding hydrogens is 334 g/mol. The molecule has 0 aliphatic heterocycles. The van der Waals surface area contributed by atoms with Gasteiger partial charge in [-0.3, -0.25) is 9.36 Å². The lowest BCUT2D eigenvalue weighted by Crippen LogP contribution is -2.14. The number of rotatable bonds is 6. The Morgan fingerprint density at radius 2 is 1.88 bits per heavy atom. The number of carbonyl (C=O) groups excluding carboxylic acids is 1. The van der Waals surface area contributed by atoms with Crippen molar-refractivity contribution >= 4 is 23.4 Å². The van der Waals surface area contributed by atoms with Crippen molar-refractivity contribution in [2.75, 3.05) is 18.2 Å². The number of benzene rings is 2. The Kier molecular flexibility index (Phi) is 5.40. The van der Waals surface area contributed by atoms with E-state index in [0.29, 0.717) is 5.75 Å². The van der Waals surface area contributed by atoms with Gasteiger partial charge in [-0.15, -0.1) is 0 Å². The molecule has 3 rings (SSSR count). The van der Waals surface area contributed by atoms with Crippen molar-refractivity contribution in [1.82, 2.24) is 9.55 Å². The number of nitrogens with zero attached hydrogens (tertiary/aromatic N) is 2. The number of amides is 1. The summed E-state index contributed by atoms with van der Waals surface area (Å²) >= 11 is 1.40. The van der Waals surface area contributed by atoms with Crippen LogP contribution < -0.4 is 10.1 Å². The van der Waals surface area contributed by atoms with Crippen LogP contribution in [0.5, 0.6) is 5.75 Å². The predicted molar refractivity (Wildman–Crippen MR) is 101 cm³/mol. The van der Waals surface area contributed by atoms with Crippen LogP contribution >= 0.6 is 11.8 Å². The van der Waals surface area contributed by atoms with Crippen molar-refractivity contribution in [2.45, 2.75) is 12.1 Å². The summed E-state index contributed by atoms with van der Waals surface area (Å²) in [7, 11) is 1.64.